The molecule has 1 atom stereocenters. The highest BCUT2D eigenvalue weighted by Gasteiger charge is 2.28. The Hall–Kier alpha value is -2.37. The molecule has 6 nitrogen and oxygen atoms in total. The molecular weight excluding hydrogens is 294 g/mol. The first kappa shape index (κ1) is 15.5. The highest BCUT2D eigenvalue weighted by atomic mass is 16.2. The number of imidazole rings is 1. The summed E-state index contributed by atoms with van der Waals surface area (Å²) >= 11 is 0. The van der Waals surface area contributed by atoms with Crippen molar-refractivity contribution in [2.24, 2.45) is 13.0 Å². The summed E-state index contributed by atoms with van der Waals surface area (Å²) in [5.41, 5.74) is 2.82. The lowest BCUT2D eigenvalue weighted by Crippen LogP contribution is -2.43. The fourth-order valence-corrected chi connectivity index (χ4v) is 3.34. The second-order valence-electron chi connectivity index (χ2n) is 6.14. The molecule has 0 aliphatic carbocycles. The largest absolute Gasteiger partial charge is 0.328 e. The van der Waals surface area contributed by atoms with E-state index in [1.165, 1.54) is 0 Å². The zero-order valence-electron chi connectivity index (χ0n) is 13.5. The molecule has 1 aromatic heterocycles. The number of carbonyl (C=O) groups is 2. The molecule has 1 N–H and O–H groups in total. The van der Waals surface area contributed by atoms with E-state index >= 15 is 0 Å². The smallest absolute Gasteiger partial charge is 0.296 e. The zero-order valence-corrected chi connectivity index (χ0v) is 13.5. The predicted octanol–water partition coefficient (Wildman–Crippen LogP) is 1.35. The van der Waals surface area contributed by atoms with Crippen molar-refractivity contribution in [2.45, 2.75) is 39.2 Å². The number of rotatable bonds is 4. The first-order valence-corrected chi connectivity index (χ1v) is 8.03. The Labute approximate surface area is 134 Å². The maximum absolute atomic E-state index is 12.6. The van der Waals surface area contributed by atoms with E-state index in [2.05, 4.69) is 12.2 Å². The Morgan fingerprint density at radius 2 is 2.04 bits per heavy atom. The third-order valence-electron chi connectivity index (χ3n) is 4.52. The van der Waals surface area contributed by atoms with Crippen molar-refractivity contribution in [2.75, 3.05) is 0 Å². The van der Waals surface area contributed by atoms with Gasteiger partial charge in [-0.05, 0) is 24.5 Å². The quantitative estimate of drug-likeness (QED) is 0.866. The lowest BCUT2D eigenvalue weighted by atomic mass is 9.98. The summed E-state index contributed by atoms with van der Waals surface area (Å²) in [4.78, 5) is 35.9. The summed E-state index contributed by atoms with van der Waals surface area (Å²) in [6.45, 7) is 2.42. The SMILES string of the molecule is CCCc1cccc2c1n(C)c(=O)n2CC1CCC(=O)NC1=O. The van der Waals surface area contributed by atoms with E-state index in [1.54, 1.807) is 16.2 Å². The van der Waals surface area contributed by atoms with Gasteiger partial charge in [-0.25, -0.2) is 4.79 Å². The minimum atomic E-state index is -0.342. The van der Waals surface area contributed by atoms with Gasteiger partial charge in [0.25, 0.3) is 0 Å². The summed E-state index contributed by atoms with van der Waals surface area (Å²) in [5, 5.41) is 2.36. The predicted molar refractivity (Wildman–Crippen MR) is 87.0 cm³/mol. The number of benzene rings is 1. The third kappa shape index (κ3) is 2.69. The Kier molecular flexibility index (Phi) is 4.07. The number of hydrogen-bond acceptors (Lipinski definition) is 3. The van der Waals surface area contributed by atoms with Gasteiger partial charge in [-0.1, -0.05) is 25.5 Å². The van der Waals surface area contributed by atoms with E-state index in [0.717, 1.165) is 29.4 Å². The molecular formula is C17H21N3O3. The van der Waals surface area contributed by atoms with Crippen molar-refractivity contribution in [3.05, 3.63) is 34.2 Å². The highest BCUT2D eigenvalue weighted by Crippen LogP contribution is 2.21. The topological polar surface area (TPSA) is 73.1 Å². The normalized spacial score (nSPS) is 18.4. The Morgan fingerprint density at radius 1 is 1.26 bits per heavy atom. The third-order valence-corrected chi connectivity index (χ3v) is 4.52. The number of nitrogens with one attached hydrogen (secondary N) is 1. The molecule has 6 heteroatoms. The van der Waals surface area contributed by atoms with Crippen molar-refractivity contribution in [1.82, 2.24) is 14.5 Å². The molecule has 0 spiro atoms. The van der Waals surface area contributed by atoms with E-state index in [4.69, 9.17) is 0 Å². The molecule has 23 heavy (non-hydrogen) atoms. The van der Waals surface area contributed by atoms with Gasteiger partial charge in [0.15, 0.2) is 0 Å². The van der Waals surface area contributed by atoms with E-state index in [-0.39, 0.29) is 23.4 Å². The number of para-hydroxylation sites is 1. The van der Waals surface area contributed by atoms with Crippen LogP contribution in [0.3, 0.4) is 0 Å². The maximum Gasteiger partial charge on any atom is 0.328 e. The molecule has 2 amide bonds. The average Bonchev–Trinajstić information content (AvgIpc) is 2.76. The number of aryl methyl sites for hydroxylation is 2. The number of carbonyl (C=O) groups excluding carboxylic acids is 2. The summed E-state index contributed by atoms with van der Waals surface area (Å²) in [6, 6.07) is 5.91. The van der Waals surface area contributed by atoms with Gasteiger partial charge in [0, 0.05) is 20.0 Å². The first-order chi connectivity index (χ1) is 11.0. The van der Waals surface area contributed by atoms with Crippen LogP contribution < -0.4 is 11.0 Å². The van der Waals surface area contributed by atoms with Crippen molar-refractivity contribution >= 4 is 22.8 Å². The van der Waals surface area contributed by atoms with Gasteiger partial charge in [-0.2, -0.15) is 0 Å². The second kappa shape index (κ2) is 6.02. The van der Waals surface area contributed by atoms with Crippen LogP contribution in [0.1, 0.15) is 31.7 Å². The van der Waals surface area contributed by atoms with Gasteiger partial charge in [0.2, 0.25) is 11.8 Å². The van der Waals surface area contributed by atoms with Crippen molar-refractivity contribution < 1.29 is 9.59 Å². The van der Waals surface area contributed by atoms with Gasteiger partial charge < -0.3 is 0 Å². The summed E-state index contributed by atoms with van der Waals surface area (Å²) in [5.74, 6) is -0.859. The van der Waals surface area contributed by atoms with Crippen molar-refractivity contribution in [1.29, 1.82) is 0 Å². The first-order valence-electron chi connectivity index (χ1n) is 8.03. The molecule has 1 aliphatic heterocycles. The van der Waals surface area contributed by atoms with Crippen LogP contribution in [0.5, 0.6) is 0 Å². The Morgan fingerprint density at radius 3 is 2.74 bits per heavy atom. The van der Waals surface area contributed by atoms with Gasteiger partial charge >= 0.3 is 5.69 Å². The van der Waals surface area contributed by atoms with Crippen LogP contribution in [0, 0.1) is 5.92 Å². The fraction of sp³-hybridized carbons (Fsp3) is 0.471. The van der Waals surface area contributed by atoms with E-state index in [0.29, 0.717) is 19.4 Å². The van der Waals surface area contributed by atoms with Crippen LogP contribution in [0.25, 0.3) is 11.0 Å². The molecule has 0 saturated carbocycles. The average molecular weight is 315 g/mol. The summed E-state index contributed by atoms with van der Waals surface area (Å²) in [7, 11) is 1.77. The van der Waals surface area contributed by atoms with E-state index in [1.807, 2.05) is 18.2 Å². The van der Waals surface area contributed by atoms with E-state index < -0.39 is 0 Å². The molecule has 1 aromatic carbocycles. The molecule has 1 unspecified atom stereocenters. The second-order valence-corrected chi connectivity index (χ2v) is 6.14. The minimum Gasteiger partial charge on any atom is -0.296 e. The molecule has 1 aliphatic rings. The number of fused-ring (bicyclic) bond motifs is 1. The standard InChI is InChI=1S/C17H21N3O3/c1-3-5-11-6-4-7-13-15(11)19(2)17(23)20(13)10-12-8-9-14(21)18-16(12)22/h4,6-7,12H,3,5,8-10H2,1-2H3,(H,18,21,22). The van der Waals surface area contributed by atoms with Crippen LogP contribution in [-0.4, -0.2) is 20.9 Å². The molecule has 0 bridgehead atoms. The van der Waals surface area contributed by atoms with Crippen LogP contribution in [0.15, 0.2) is 23.0 Å². The van der Waals surface area contributed by atoms with Gasteiger partial charge in [-0.3, -0.25) is 24.0 Å². The zero-order chi connectivity index (χ0) is 16.6. The summed E-state index contributed by atoms with van der Waals surface area (Å²) < 4.78 is 3.32. The Bertz CT molecular complexity index is 831. The monoisotopic (exact) mass is 315 g/mol. The molecule has 2 aromatic rings. The van der Waals surface area contributed by atoms with Crippen molar-refractivity contribution in [3.8, 4) is 0 Å². The van der Waals surface area contributed by atoms with Crippen LogP contribution >= 0.6 is 0 Å². The molecule has 3 rings (SSSR count). The number of hydrogen-bond donors (Lipinski definition) is 1. The number of piperidine rings is 1. The molecule has 2 heterocycles. The number of amides is 2. The summed E-state index contributed by atoms with van der Waals surface area (Å²) in [6.07, 6.45) is 2.73. The minimum absolute atomic E-state index is 0.117. The number of aromatic nitrogens is 2. The fourth-order valence-electron chi connectivity index (χ4n) is 3.34. The van der Waals surface area contributed by atoms with Gasteiger partial charge in [-0.15, -0.1) is 0 Å². The highest BCUT2D eigenvalue weighted by molar-refractivity contribution is 5.98. The molecule has 0 radical (unpaired) electrons. The van der Waals surface area contributed by atoms with Crippen LogP contribution in [-0.2, 0) is 29.6 Å². The molecule has 1 saturated heterocycles. The number of nitrogens with zero attached hydrogens (tertiary/aromatic N) is 2. The lowest BCUT2D eigenvalue weighted by Gasteiger charge is -2.21. The molecule has 1 fully saturated rings. The van der Waals surface area contributed by atoms with Crippen molar-refractivity contribution in [3.63, 3.8) is 0 Å². The maximum atomic E-state index is 12.6. The van der Waals surface area contributed by atoms with Crippen LogP contribution in [0.2, 0.25) is 0 Å². The number of imide groups is 1. The van der Waals surface area contributed by atoms with Gasteiger partial charge in [0.1, 0.15) is 0 Å². The lowest BCUT2D eigenvalue weighted by molar-refractivity contribution is -0.136. The van der Waals surface area contributed by atoms with Gasteiger partial charge in [0.05, 0.1) is 17.0 Å². The Balaban J connectivity index is 2.03. The van der Waals surface area contributed by atoms with E-state index in [9.17, 15) is 14.4 Å². The molecule has 122 valence electrons. The van der Waals surface area contributed by atoms with Crippen LogP contribution in [0.4, 0.5) is 0 Å².